The molecule has 110 valence electrons. The van der Waals surface area contributed by atoms with Crippen molar-refractivity contribution in [1.29, 1.82) is 0 Å². The van der Waals surface area contributed by atoms with Gasteiger partial charge in [-0.25, -0.2) is 8.78 Å². The van der Waals surface area contributed by atoms with Crippen molar-refractivity contribution in [3.63, 3.8) is 0 Å². The lowest BCUT2D eigenvalue weighted by Crippen LogP contribution is -2.14. The topological polar surface area (TPSA) is 70.6 Å². The monoisotopic (exact) mass is 291 g/mol. The van der Waals surface area contributed by atoms with Crippen molar-refractivity contribution >= 4 is 11.5 Å². The van der Waals surface area contributed by atoms with Crippen LogP contribution in [0.1, 0.15) is 16.7 Å². The van der Waals surface area contributed by atoms with Gasteiger partial charge in [-0.05, 0) is 36.2 Å². The van der Waals surface area contributed by atoms with Crippen LogP contribution in [0.5, 0.6) is 0 Å². The van der Waals surface area contributed by atoms with E-state index in [0.717, 1.165) is 11.1 Å². The first kappa shape index (κ1) is 14.8. The maximum Gasteiger partial charge on any atom is 0.170 e. The third kappa shape index (κ3) is 3.28. The largest absolute Gasteiger partial charge is 0.409 e. The molecular formula is C15H15F2N3O. The molecule has 0 unspecified atom stereocenters. The molecule has 2 aromatic rings. The Morgan fingerprint density at radius 1 is 1.24 bits per heavy atom. The Hall–Kier alpha value is -2.63. The number of nitrogens with two attached hydrogens (primary N) is 1. The minimum Gasteiger partial charge on any atom is -0.409 e. The number of hydrogen-bond donors (Lipinski definition) is 3. The minimum absolute atomic E-state index is 0.0118. The van der Waals surface area contributed by atoms with Crippen molar-refractivity contribution < 1.29 is 14.0 Å². The van der Waals surface area contributed by atoms with Gasteiger partial charge in [-0.15, -0.1) is 0 Å². The van der Waals surface area contributed by atoms with Gasteiger partial charge >= 0.3 is 0 Å². The molecular weight excluding hydrogens is 276 g/mol. The number of rotatable bonds is 4. The zero-order valence-corrected chi connectivity index (χ0v) is 11.4. The molecule has 0 spiro atoms. The van der Waals surface area contributed by atoms with Gasteiger partial charge < -0.3 is 16.3 Å². The second-order valence-corrected chi connectivity index (χ2v) is 4.58. The third-order valence-corrected chi connectivity index (χ3v) is 3.16. The molecule has 0 amide bonds. The molecule has 0 radical (unpaired) electrons. The van der Waals surface area contributed by atoms with Crippen molar-refractivity contribution in [2.75, 3.05) is 5.32 Å². The predicted molar refractivity (Wildman–Crippen MR) is 77.4 cm³/mol. The molecule has 0 aliphatic heterocycles. The molecule has 0 atom stereocenters. The van der Waals surface area contributed by atoms with Gasteiger partial charge in [0.25, 0.3) is 0 Å². The molecule has 4 nitrogen and oxygen atoms in total. The minimum atomic E-state index is -0.638. The van der Waals surface area contributed by atoms with Crippen LogP contribution in [0.15, 0.2) is 41.6 Å². The molecule has 0 aliphatic rings. The van der Waals surface area contributed by atoms with Gasteiger partial charge in [0.05, 0.1) is 0 Å². The van der Waals surface area contributed by atoms with Crippen molar-refractivity contribution in [3.8, 4) is 0 Å². The molecule has 0 aromatic heterocycles. The van der Waals surface area contributed by atoms with E-state index in [4.69, 9.17) is 10.9 Å². The van der Waals surface area contributed by atoms with E-state index in [2.05, 4.69) is 10.5 Å². The summed E-state index contributed by atoms with van der Waals surface area (Å²) in [7, 11) is 0. The first-order valence-corrected chi connectivity index (χ1v) is 6.28. The number of nitrogens with one attached hydrogen (secondary N) is 1. The van der Waals surface area contributed by atoms with Crippen molar-refractivity contribution in [2.24, 2.45) is 10.9 Å². The van der Waals surface area contributed by atoms with Crippen LogP contribution in [0.2, 0.25) is 0 Å². The van der Waals surface area contributed by atoms with Crippen LogP contribution in [0.4, 0.5) is 14.5 Å². The zero-order valence-electron chi connectivity index (χ0n) is 11.4. The summed E-state index contributed by atoms with van der Waals surface area (Å²) in [6.45, 7) is 2.10. The molecule has 0 bridgehead atoms. The summed E-state index contributed by atoms with van der Waals surface area (Å²) in [4.78, 5) is 0. The van der Waals surface area contributed by atoms with E-state index in [1.807, 2.05) is 6.92 Å². The summed E-state index contributed by atoms with van der Waals surface area (Å²) < 4.78 is 27.0. The smallest absolute Gasteiger partial charge is 0.170 e. The SMILES string of the molecule is Cc1cc(/C(N)=N/O)ccc1CNc1c(F)cccc1F. The summed E-state index contributed by atoms with van der Waals surface area (Å²) >= 11 is 0. The molecule has 0 heterocycles. The lowest BCUT2D eigenvalue weighted by Gasteiger charge is -2.11. The molecule has 2 aromatic carbocycles. The van der Waals surface area contributed by atoms with E-state index in [0.29, 0.717) is 5.56 Å². The number of hydrogen-bond acceptors (Lipinski definition) is 3. The Labute approximate surface area is 120 Å². The number of benzene rings is 2. The highest BCUT2D eigenvalue weighted by Crippen LogP contribution is 2.20. The number of halogens is 2. The number of aryl methyl sites for hydroxylation is 1. The second-order valence-electron chi connectivity index (χ2n) is 4.58. The van der Waals surface area contributed by atoms with Crippen molar-refractivity contribution in [3.05, 3.63) is 64.7 Å². The fraction of sp³-hybridized carbons (Fsp3) is 0.133. The Kier molecular flexibility index (Phi) is 4.37. The van der Waals surface area contributed by atoms with Gasteiger partial charge in [0, 0.05) is 12.1 Å². The van der Waals surface area contributed by atoms with E-state index in [1.54, 1.807) is 18.2 Å². The van der Waals surface area contributed by atoms with Gasteiger partial charge in [0.2, 0.25) is 0 Å². The maximum absolute atomic E-state index is 13.5. The summed E-state index contributed by atoms with van der Waals surface area (Å²) in [5.74, 6) is -1.26. The van der Waals surface area contributed by atoms with Crippen LogP contribution in [0, 0.1) is 18.6 Å². The Morgan fingerprint density at radius 2 is 1.90 bits per heavy atom. The lowest BCUT2D eigenvalue weighted by molar-refractivity contribution is 0.318. The molecule has 4 N–H and O–H groups in total. The molecule has 0 aliphatic carbocycles. The fourth-order valence-corrected chi connectivity index (χ4v) is 1.96. The van der Waals surface area contributed by atoms with Crippen LogP contribution in [0.3, 0.4) is 0 Å². The van der Waals surface area contributed by atoms with Crippen LogP contribution < -0.4 is 11.1 Å². The molecule has 6 heteroatoms. The second kappa shape index (κ2) is 6.21. The van der Waals surface area contributed by atoms with Crippen molar-refractivity contribution in [1.82, 2.24) is 0 Å². The maximum atomic E-state index is 13.5. The van der Waals surface area contributed by atoms with Crippen LogP contribution in [-0.2, 0) is 6.54 Å². The highest BCUT2D eigenvalue weighted by atomic mass is 19.1. The number of oxime groups is 1. The highest BCUT2D eigenvalue weighted by Gasteiger charge is 2.09. The summed E-state index contributed by atoms with van der Waals surface area (Å²) in [5.41, 5.74) is 7.65. The van der Waals surface area contributed by atoms with Crippen molar-refractivity contribution in [2.45, 2.75) is 13.5 Å². The van der Waals surface area contributed by atoms with Gasteiger partial charge in [-0.1, -0.05) is 23.4 Å². The quantitative estimate of drug-likeness (QED) is 0.351. The fourth-order valence-electron chi connectivity index (χ4n) is 1.96. The summed E-state index contributed by atoms with van der Waals surface area (Å²) in [5, 5.41) is 14.3. The zero-order chi connectivity index (χ0) is 15.4. The molecule has 2 rings (SSSR count). The van der Waals surface area contributed by atoms with E-state index in [1.165, 1.54) is 18.2 Å². The molecule has 0 saturated carbocycles. The van der Waals surface area contributed by atoms with E-state index >= 15 is 0 Å². The Bertz CT molecular complexity index is 666. The van der Waals surface area contributed by atoms with E-state index in [-0.39, 0.29) is 18.1 Å². The lowest BCUT2D eigenvalue weighted by atomic mass is 10.0. The van der Waals surface area contributed by atoms with Gasteiger partial charge in [0.15, 0.2) is 5.84 Å². The number of anilines is 1. The number of amidine groups is 1. The van der Waals surface area contributed by atoms with Gasteiger partial charge in [-0.2, -0.15) is 0 Å². The first-order chi connectivity index (χ1) is 10.0. The normalized spacial score (nSPS) is 11.5. The summed E-state index contributed by atoms with van der Waals surface area (Å²) in [6, 6.07) is 8.88. The Balaban J connectivity index is 2.18. The predicted octanol–water partition coefficient (Wildman–Crippen LogP) is 2.98. The third-order valence-electron chi connectivity index (χ3n) is 3.16. The average Bonchev–Trinajstić information content (AvgIpc) is 2.47. The number of para-hydroxylation sites is 1. The standard InChI is InChI=1S/C15H15F2N3O/c1-9-7-10(15(18)20-21)5-6-11(9)8-19-14-12(16)3-2-4-13(14)17/h2-7,19,21H,8H2,1H3,(H2,18,20). The van der Waals surface area contributed by atoms with Gasteiger partial charge in [0.1, 0.15) is 17.3 Å². The summed E-state index contributed by atoms with van der Waals surface area (Å²) in [6.07, 6.45) is 0. The Morgan fingerprint density at radius 3 is 2.48 bits per heavy atom. The number of nitrogens with zero attached hydrogens (tertiary/aromatic N) is 1. The van der Waals surface area contributed by atoms with Gasteiger partial charge in [-0.3, -0.25) is 0 Å². The molecule has 21 heavy (non-hydrogen) atoms. The van der Waals surface area contributed by atoms with E-state index in [9.17, 15) is 8.78 Å². The van der Waals surface area contributed by atoms with Crippen LogP contribution in [0.25, 0.3) is 0 Å². The van der Waals surface area contributed by atoms with Crippen LogP contribution in [-0.4, -0.2) is 11.0 Å². The average molecular weight is 291 g/mol. The first-order valence-electron chi connectivity index (χ1n) is 6.28. The molecule has 0 saturated heterocycles. The molecule has 0 fully saturated rings. The highest BCUT2D eigenvalue weighted by molar-refractivity contribution is 5.97. The van der Waals surface area contributed by atoms with Crippen LogP contribution >= 0.6 is 0 Å². The van der Waals surface area contributed by atoms with E-state index < -0.39 is 11.6 Å².